The van der Waals surface area contributed by atoms with Crippen LogP contribution in [0, 0.1) is 6.92 Å². The Kier molecular flexibility index (Phi) is 4.92. The second-order valence-corrected chi connectivity index (χ2v) is 6.95. The van der Waals surface area contributed by atoms with E-state index in [1.807, 2.05) is 35.5 Å². The molecule has 1 aliphatic heterocycles. The van der Waals surface area contributed by atoms with Crippen LogP contribution in [0.3, 0.4) is 0 Å². The van der Waals surface area contributed by atoms with Gasteiger partial charge in [-0.3, -0.25) is 14.8 Å². The van der Waals surface area contributed by atoms with Crippen LogP contribution in [0.25, 0.3) is 11.3 Å². The van der Waals surface area contributed by atoms with Gasteiger partial charge in [0.15, 0.2) is 0 Å². The van der Waals surface area contributed by atoms with Gasteiger partial charge in [0.05, 0.1) is 23.1 Å². The van der Waals surface area contributed by atoms with E-state index in [2.05, 4.69) is 29.0 Å². The van der Waals surface area contributed by atoms with E-state index in [0.29, 0.717) is 11.5 Å². The Bertz CT molecular complexity index is 934. The lowest BCUT2D eigenvalue weighted by molar-refractivity contribution is 0.0711. The SMILES string of the molecule is Cc1ccccc1-c1cncc(C2CCN(C(=O)c3cccnc3)CC2)n1. The standard InChI is InChI=1S/C22H22N4O/c1-16-5-2-3-7-19(16)21-15-24-14-20(25-21)17-8-11-26(12-9-17)22(27)18-6-4-10-23-13-18/h2-7,10,13-15,17H,8-9,11-12H2,1H3. The number of hydrogen-bond donors (Lipinski definition) is 0. The zero-order valence-corrected chi connectivity index (χ0v) is 15.4. The Morgan fingerprint density at radius 2 is 1.81 bits per heavy atom. The first-order valence-electron chi connectivity index (χ1n) is 9.29. The summed E-state index contributed by atoms with van der Waals surface area (Å²) in [6.45, 7) is 3.55. The van der Waals surface area contributed by atoms with Crippen molar-refractivity contribution < 1.29 is 4.79 Å². The minimum atomic E-state index is 0.0568. The number of piperidine rings is 1. The molecule has 5 heteroatoms. The smallest absolute Gasteiger partial charge is 0.255 e. The van der Waals surface area contributed by atoms with Crippen LogP contribution in [-0.2, 0) is 0 Å². The molecule has 0 N–H and O–H groups in total. The molecule has 5 nitrogen and oxygen atoms in total. The lowest BCUT2D eigenvalue weighted by atomic mass is 9.93. The summed E-state index contributed by atoms with van der Waals surface area (Å²) in [5.41, 5.74) is 4.90. The Morgan fingerprint density at radius 1 is 1.00 bits per heavy atom. The third-order valence-electron chi connectivity index (χ3n) is 5.18. The van der Waals surface area contributed by atoms with Gasteiger partial charge in [0.1, 0.15) is 0 Å². The molecule has 0 bridgehead atoms. The van der Waals surface area contributed by atoms with Crippen molar-refractivity contribution in [2.75, 3.05) is 13.1 Å². The molecule has 1 aromatic carbocycles. The van der Waals surface area contributed by atoms with Gasteiger partial charge in [-0.2, -0.15) is 0 Å². The number of aryl methyl sites for hydroxylation is 1. The number of aromatic nitrogens is 3. The second-order valence-electron chi connectivity index (χ2n) is 6.95. The Morgan fingerprint density at radius 3 is 2.56 bits per heavy atom. The van der Waals surface area contributed by atoms with Gasteiger partial charge in [-0.15, -0.1) is 0 Å². The van der Waals surface area contributed by atoms with Gasteiger partial charge in [0, 0.05) is 43.2 Å². The number of hydrogen-bond acceptors (Lipinski definition) is 4. The zero-order valence-electron chi connectivity index (χ0n) is 15.4. The highest BCUT2D eigenvalue weighted by atomic mass is 16.2. The minimum absolute atomic E-state index is 0.0568. The van der Waals surface area contributed by atoms with Crippen LogP contribution < -0.4 is 0 Å². The lowest BCUT2D eigenvalue weighted by Crippen LogP contribution is -2.38. The van der Waals surface area contributed by atoms with Crippen molar-refractivity contribution in [2.45, 2.75) is 25.7 Å². The summed E-state index contributed by atoms with van der Waals surface area (Å²) in [4.78, 5) is 27.8. The molecule has 136 valence electrons. The highest BCUT2D eigenvalue weighted by Gasteiger charge is 2.25. The van der Waals surface area contributed by atoms with Crippen molar-refractivity contribution in [1.29, 1.82) is 0 Å². The molecule has 0 unspecified atom stereocenters. The molecule has 27 heavy (non-hydrogen) atoms. The summed E-state index contributed by atoms with van der Waals surface area (Å²) in [6, 6.07) is 11.8. The lowest BCUT2D eigenvalue weighted by Gasteiger charge is -2.31. The molecule has 0 radical (unpaired) electrons. The number of carbonyl (C=O) groups is 1. The topological polar surface area (TPSA) is 59.0 Å². The molecule has 2 aromatic heterocycles. The van der Waals surface area contributed by atoms with E-state index in [-0.39, 0.29) is 5.91 Å². The molecule has 1 fully saturated rings. The van der Waals surface area contributed by atoms with E-state index in [1.165, 1.54) is 5.56 Å². The first kappa shape index (κ1) is 17.3. The van der Waals surface area contributed by atoms with Crippen LogP contribution >= 0.6 is 0 Å². The first-order chi connectivity index (χ1) is 13.2. The Hall–Kier alpha value is -3.08. The number of amides is 1. The molecule has 1 aliphatic rings. The molecule has 0 spiro atoms. The van der Waals surface area contributed by atoms with Gasteiger partial charge in [0.25, 0.3) is 5.91 Å². The molecule has 1 amide bonds. The van der Waals surface area contributed by atoms with Crippen molar-refractivity contribution in [3.05, 3.63) is 78.0 Å². The Balaban J connectivity index is 1.47. The third-order valence-corrected chi connectivity index (χ3v) is 5.18. The molecular weight excluding hydrogens is 336 g/mol. The average Bonchev–Trinajstić information content (AvgIpc) is 2.74. The number of pyridine rings is 1. The number of nitrogens with zero attached hydrogens (tertiary/aromatic N) is 4. The zero-order chi connectivity index (χ0) is 18.6. The van der Waals surface area contributed by atoms with E-state index < -0.39 is 0 Å². The summed E-state index contributed by atoms with van der Waals surface area (Å²) >= 11 is 0. The summed E-state index contributed by atoms with van der Waals surface area (Å²) in [5.74, 6) is 0.390. The van der Waals surface area contributed by atoms with Gasteiger partial charge in [-0.25, -0.2) is 4.98 Å². The highest BCUT2D eigenvalue weighted by Crippen LogP contribution is 2.29. The first-order valence-corrected chi connectivity index (χ1v) is 9.29. The van der Waals surface area contributed by atoms with Gasteiger partial charge in [-0.1, -0.05) is 24.3 Å². The maximum atomic E-state index is 12.6. The molecule has 4 rings (SSSR count). The second kappa shape index (κ2) is 7.66. The van der Waals surface area contributed by atoms with Gasteiger partial charge in [0.2, 0.25) is 0 Å². The number of benzene rings is 1. The monoisotopic (exact) mass is 358 g/mol. The van der Waals surface area contributed by atoms with Crippen molar-refractivity contribution in [3.8, 4) is 11.3 Å². The van der Waals surface area contributed by atoms with Crippen molar-refractivity contribution >= 4 is 5.91 Å². The summed E-state index contributed by atoms with van der Waals surface area (Å²) < 4.78 is 0. The molecule has 0 atom stereocenters. The normalized spacial score (nSPS) is 14.9. The van der Waals surface area contributed by atoms with E-state index in [9.17, 15) is 4.79 Å². The van der Waals surface area contributed by atoms with E-state index in [1.54, 1.807) is 18.5 Å². The molecule has 3 heterocycles. The van der Waals surface area contributed by atoms with E-state index in [0.717, 1.165) is 42.9 Å². The minimum Gasteiger partial charge on any atom is -0.339 e. The highest BCUT2D eigenvalue weighted by molar-refractivity contribution is 5.93. The van der Waals surface area contributed by atoms with E-state index in [4.69, 9.17) is 4.98 Å². The third kappa shape index (κ3) is 3.72. The summed E-state index contributed by atoms with van der Waals surface area (Å²) in [6.07, 6.45) is 8.81. The van der Waals surface area contributed by atoms with Crippen molar-refractivity contribution in [2.24, 2.45) is 0 Å². The van der Waals surface area contributed by atoms with Crippen LogP contribution in [0.15, 0.2) is 61.2 Å². The maximum absolute atomic E-state index is 12.6. The number of rotatable bonds is 3. The van der Waals surface area contributed by atoms with Crippen molar-refractivity contribution in [1.82, 2.24) is 19.9 Å². The average molecular weight is 358 g/mol. The van der Waals surface area contributed by atoms with Gasteiger partial charge < -0.3 is 4.90 Å². The molecule has 0 aliphatic carbocycles. The largest absolute Gasteiger partial charge is 0.339 e. The fourth-order valence-corrected chi connectivity index (χ4v) is 3.62. The van der Waals surface area contributed by atoms with Crippen LogP contribution in [0.2, 0.25) is 0 Å². The summed E-state index contributed by atoms with van der Waals surface area (Å²) in [7, 11) is 0. The van der Waals surface area contributed by atoms with E-state index >= 15 is 0 Å². The van der Waals surface area contributed by atoms with Crippen LogP contribution in [0.5, 0.6) is 0 Å². The van der Waals surface area contributed by atoms with Gasteiger partial charge >= 0.3 is 0 Å². The predicted octanol–water partition coefficient (Wildman–Crippen LogP) is 3.87. The number of carbonyl (C=O) groups excluding carboxylic acids is 1. The molecule has 0 saturated carbocycles. The van der Waals surface area contributed by atoms with Crippen LogP contribution in [0.1, 0.15) is 40.4 Å². The number of likely N-dealkylation sites (tertiary alicyclic amines) is 1. The molecule has 3 aromatic rings. The Labute approximate surface area is 159 Å². The fraction of sp³-hybridized carbons (Fsp3) is 0.273. The fourth-order valence-electron chi connectivity index (χ4n) is 3.62. The van der Waals surface area contributed by atoms with Crippen LogP contribution in [0.4, 0.5) is 0 Å². The van der Waals surface area contributed by atoms with Crippen molar-refractivity contribution in [3.63, 3.8) is 0 Å². The quantitative estimate of drug-likeness (QED) is 0.713. The maximum Gasteiger partial charge on any atom is 0.255 e. The molecular formula is C22H22N4O. The molecule has 1 saturated heterocycles. The summed E-state index contributed by atoms with van der Waals surface area (Å²) in [5, 5.41) is 0. The predicted molar refractivity (Wildman–Crippen MR) is 104 cm³/mol. The van der Waals surface area contributed by atoms with Crippen LogP contribution in [-0.4, -0.2) is 38.8 Å². The van der Waals surface area contributed by atoms with Gasteiger partial charge in [-0.05, 0) is 37.5 Å².